The predicted molar refractivity (Wildman–Crippen MR) is 96.6 cm³/mol. The molecule has 0 amide bonds. The van der Waals surface area contributed by atoms with Crippen LogP contribution in [0.2, 0.25) is 0 Å². The van der Waals surface area contributed by atoms with Crippen LogP contribution in [0.5, 0.6) is 0 Å². The molecule has 0 aliphatic rings. The molecule has 0 aliphatic carbocycles. The fraction of sp³-hybridized carbons (Fsp3) is 0.375. The molecular weight excluding hydrogens is 372 g/mol. The molecule has 2 heterocycles. The molecule has 1 N–H and O–H groups in total. The lowest BCUT2D eigenvalue weighted by Gasteiger charge is -2.20. The summed E-state index contributed by atoms with van der Waals surface area (Å²) in [6, 6.07) is 6.46. The fourth-order valence-corrected chi connectivity index (χ4v) is 3.73. The highest BCUT2D eigenvalue weighted by Gasteiger charge is 2.24. The molecule has 10 nitrogen and oxygen atoms in total. The second-order valence-corrected chi connectivity index (χ2v) is 8.52. The number of benzene rings is 1. The van der Waals surface area contributed by atoms with Crippen molar-refractivity contribution in [3.63, 3.8) is 0 Å². The van der Waals surface area contributed by atoms with Crippen LogP contribution in [0.3, 0.4) is 0 Å². The number of ether oxygens (including phenoxy) is 1. The summed E-state index contributed by atoms with van der Waals surface area (Å²) in [6.07, 6.45) is 2.12. The summed E-state index contributed by atoms with van der Waals surface area (Å²) in [5.41, 5.74) is -0.442. The van der Waals surface area contributed by atoms with Gasteiger partial charge in [0.05, 0.1) is 12.1 Å². The molecule has 144 valence electrons. The van der Waals surface area contributed by atoms with E-state index in [4.69, 9.17) is 4.74 Å². The number of sulfonamides is 1. The number of tetrazole rings is 1. The molecule has 0 fully saturated rings. The smallest absolute Gasteiger partial charge is 0.419 e. The van der Waals surface area contributed by atoms with Gasteiger partial charge in [-0.15, -0.1) is 10.2 Å². The van der Waals surface area contributed by atoms with Gasteiger partial charge in [-0.05, 0) is 38.1 Å². The van der Waals surface area contributed by atoms with Crippen LogP contribution in [0.4, 0.5) is 4.79 Å². The Balaban J connectivity index is 1.91. The van der Waals surface area contributed by atoms with Crippen LogP contribution in [0.1, 0.15) is 20.8 Å². The van der Waals surface area contributed by atoms with Crippen molar-refractivity contribution in [3.8, 4) is 0 Å². The highest BCUT2D eigenvalue weighted by molar-refractivity contribution is 7.89. The maximum absolute atomic E-state index is 12.8. The largest absolute Gasteiger partial charge is 0.443 e. The van der Waals surface area contributed by atoms with Gasteiger partial charge in [0.25, 0.3) is 0 Å². The number of nitrogens with one attached hydrogen (secondary N) is 1. The summed E-state index contributed by atoms with van der Waals surface area (Å²) in [5, 5.41) is 11.7. The number of rotatable bonds is 5. The first-order valence-electron chi connectivity index (χ1n) is 8.21. The van der Waals surface area contributed by atoms with Gasteiger partial charge >= 0.3 is 6.09 Å². The summed E-state index contributed by atoms with van der Waals surface area (Å²) < 4.78 is 34.6. The van der Waals surface area contributed by atoms with Crippen LogP contribution < -0.4 is 4.72 Å². The van der Waals surface area contributed by atoms with Gasteiger partial charge in [-0.2, -0.15) is 4.80 Å². The van der Waals surface area contributed by atoms with Crippen molar-refractivity contribution in [1.82, 2.24) is 29.5 Å². The highest BCUT2D eigenvalue weighted by Crippen LogP contribution is 2.25. The minimum atomic E-state index is -3.88. The summed E-state index contributed by atoms with van der Waals surface area (Å²) in [5.74, 6) is 0. The van der Waals surface area contributed by atoms with E-state index in [1.165, 1.54) is 28.0 Å². The lowest BCUT2D eigenvalue weighted by Crippen LogP contribution is -2.29. The Morgan fingerprint density at radius 2 is 2.04 bits per heavy atom. The second-order valence-electron chi connectivity index (χ2n) is 6.79. The van der Waals surface area contributed by atoms with Crippen LogP contribution in [0, 0.1) is 0 Å². The minimum Gasteiger partial charge on any atom is -0.443 e. The summed E-state index contributed by atoms with van der Waals surface area (Å²) in [4.78, 5) is 13.7. The molecule has 0 unspecified atom stereocenters. The number of hydrogen-bond acceptors (Lipinski definition) is 7. The van der Waals surface area contributed by atoms with Crippen LogP contribution in [-0.2, 0) is 21.3 Å². The SMILES string of the molecule is CC(C)(C)OC(=O)n1ccc2cccc(S(=O)(=O)NCCn3ncnn3)c21. The van der Waals surface area contributed by atoms with Crippen molar-refractivity contribution in [1.29, 1.82) is 0 Å². The van der Waals surface area contributed by atoms with E-state index >= 15 is 0 Å². The van der Waals surface area contributed by atoms with E-state index in [0.29, 0.717) is 5.39 Å². The van der Waals surface area contributed by atoms with Crippen molar-refractivity contribution in [2.24, 2.45) is 0 Å². The zero-order valence-corrected chi connectivity index (χ0v) is 16.0. The maximum atomic E-state index is 12.8. The molecule has 0 saturated carbocycles. The van der Waals surface area contributed by atoms with Crippen molar-refractivity contribution >= 4 is 27.0 Å². The van der Waals surface area contributed by atoms with E-state index in [9.17, 15) is 13.2 Å². The zero-order valence-electron chi connectivity index (χ0n) is 15.2. The van der Waals surface area contributed by atoms with Gasteiger partial charge < -0.3 is 4.74 Å². The second kappa shape index (κ2) is 7.08. The molecule has 3 rings (SSSR count). The lowest BCUT2D eigenvalue weighted by molar-refractivity contribution is 0.0544. The number of aromatic nitrogens is 5. The Morgan fingerprint density at radius 1 is 1.26 bits per heavy atom. The number of para-hydroxylation sites is 1. The topological polar surface area (TPSA) is 121 Å². The first-order valence-corrected chi connectivity index (χ1v) is 9.69. The number of hydrogen-bond donors (Lipinski definition) is 1. The quantitative estimate of drug-likeness (QED) is 0.696. The monoisotopic (exact) mass is 392 g/mol. The highest BCUT2D eigenvalue weighted by atomic mass is 32.2. The van der Waals surface area contributed by atoms with Crippen LogP contribution >= 0.6 is 0 Å². The van der Waals surface area contributed by atoms with Gasteiger partial charge in [-0.25, -0.2) is 17.9 Å². The van der Waals surface area contributed by atoms with E-state index in [2.05, 4.69) is 20.1 Å². The average molecular weight is 392 g/mol. The molecule has 11 heteroatoms. The Kier molecular flexibility index (Phi) is 4.98. The molecule has 0 aliphatic heterocycles. The summed E-state index contributed by atoms with van der Waals surface area (Å²) in [7, 11) is -3.88. The van der Waals surface area contributed by atoms with Crippen molar-refractivity contribution in [2.45, 2.75) is 37.8 Å². The Bertz CT molecular complexity index is 1050. The zero-order chi connectivity index (χ0) is 19.7. The van der Waals surface area contributed by atoms with Crippen LogP contribution in [0.25, 0.3) is 10.9 Å². The van der Waals surface area contributed by atoms with Crippen LogP contribution in [-0.4, -0.2) is 51.4 Å². The molecule has 0 spiro atoms. The van der Waals surface area contributed by atoms with Gasteiger partial charge in [0.15, 0.2) is 6.33 Å². The molecule has 0 bridgehead atoms. The van der Waals surface area contributed by atoms with Crippen molar-refractivity contribution in [2.75, 3.05) is 6.54 Å². The van der Waals surface area contributed by atoms with Gasteiger partial charge in [0.1, 0.15) is 10.5 Å². The van der Waals surface area contributed by atoms with E-state index in [-0.39, 0.29) is 23.5 Å². The molecule has 2 aromatic heterocycles. The number of carbonyl (C=O) groups is 1. The first kappa shape index (κ1) is 19.0. The standard InChI is InChI=1S/C16H20N6O4S/c1-16(2,3)26-15(23)21-9-7-12-5-4-6-13(14(12)21)27(24,25)19-8-10-22-18-11-17-20-22/h4-7,9,11,19H,8,10H2,1-3H3. The first-order chi connectivity index (χ1) is 12.7. The lowest BCUT2D eigenvalue weighted by atomic mass is 10.2. The third kappa shape index (κ3) is 4.31. The number of fused-ring (bicyclic) bond motifs is 1. The minimum absolute atomic E-state index is 0.0117. The van der Waals surface area contributed by atoms with Crippen LogP contribution in [0.15, 0.2) is 41.7 Å². The maximum Gasteiger partial charge on any atom is 0.419 e. The van der Waals surface area contributed by atoms with Gasteiger partial charge in [-0.3, -0.25) is 4.57 Å². The van der Waals surface area contributed by atoms with E-state index in [1.807, 2.05) is 0 Å². The Hall–Kier alpha value is -2.79. The van der Waals surface area contributed by atoms with Crippen molar-refractivity contribution in [3.05, 3.63) is 36.8 Å². The molecule has 27 heavy (non-hydrogen) atoms. The van der Waals surface area contributed by atoms with Crippen molar-refractivity contribution < 1.29 is 17.9 Å². The summed E-state index contributed by atoms with van der Waals surface area (Å²) in [6.45, 7) is 5.53. The van der Waals surface area contributed by atoms with Gasteiger partial charge in [-0.1, -0.05) is 12.1 Å². The third-order valence-electron chi connectivity index (χ3n) is 3.55. The average Bonchev–Trinajstić information content (AvgIpc) is 3.21. The summed E-state index contributed by atoms with van der Waals surface area (Å²) >= 11 is 0. The number of carbonyl (C=O) groups excluding carboxylic acids is 1. The normalized spacial score (nSPS) is 12.4. The van der Waals surface area contributed by atoms with E-state index in [0.717, 1.165) is 0 Å². The number of nitrogens with zero attached hydrogens (tertiary/aromatic N) is 5. The molecule has 0 radical (unpaired) electrons. The fourth-order valence-electron chi connectivity index (χ4n) is 2.49. The van der Waals surface area contributed by atoms with Gasteiger partial charge in [0.2, 0.25) is 10.0 Å². The molecule has 1 aromatic carbocycles. The van der Waals surface area contributed by atoms with E-state index in [1.54, 1.807) is 39.0 Å². The Labute approximate surface area is 156 Å². The predicted octanol–water partition coefficient (Wildman–Crippen LogP) is 1.39. The van der Waals surface area contributed by atoms with E-state index < -0.39 is 21.7 Å². The third-order valence-corrected chi connectivity index (χ3v) is 5.04. The molecule has 0 saturated heterocycles. The Morgan fingerprint density at radius 3 is 2.70 bits per heavy atom. The molecule has 3 aromatic rings. The molecular formula is C16H20N6O4S. The molecule has 0 atom stereocenters. The van der Waals surface area contributed by atoms with Gasteiger partial charge in [0, 0.05) is 18.1 Å².